The molecule has 0 saturated carbocycles. The molecule has 3 aromatic heterocycles. The lowest BCUT2D eigenvalue weighted by Crippen LogP contribution is -2.23. The van der Waals surface area contributed by atoms with Crippen LogP contribution in [0.15, 0.2) is 83.6 Å². The Hall–Kier alpha value is -4.60. The molecule has 3 heterocycles. The van der Waals surface area contributed by atoms with Crippen LogP contribution in [0.4, 0.5) is 24.7 Å². The van der Waals surface area contributed by atoms with Crippen molar-refractivity contribution in [3.8, 4) is 11.3 Å². The molecule has 0 bridgehead atoms. The molecule has 3 N–H and O–H groups in total. The number of amides is 1. The number of carbonyl (C=O) groups excluding carboxylic acids is 1. The Kier molecular flexibility index (Phi) is 7.59. The van der Waals surface area contributed by atoms with Crippen molar-refractivity contribution in [2.24, 2.45) is 13.0 Å². The highest BCUT2D eigenvalue weighted by molar-refractivity contribution is 6.02. The first-order valence-corrected chi connectivity index (χ1v) is 12.9. The molecule has 5 rings (SSSR count). The van der Waals surface area contributed by atoms with E-state index in [2.05, 4.69) is 33.6 Å². The Morgan fingerprint density at radius 2 is 1.98 bits per heavy atom. The fourth-order valence-corrected chi connectivity index (χ4v) is 4.87. The third kappa shape index (κ3) is 5.70. The number of H-pyrrole nitrogens is 1. The Morgan fingerprint density at radius 1 is 1.20 bits per heavy atom. The first-order valence-electron chi connectivity index (χ1n) is 12.9. The van der Waals surface area contributed by atoms with Gasteiger partial charge in [-0.2, -0.15) is 0 Å². The summed E-state index contributed by atoms with van der Waals surface area (Å²) in [6, 6.07) is 10.1. The number of aromatic amines is 1. The van der Waals surface area contributed by atoms with Crippen molar-refractivity contribution in [1.82, 2.24) is 14.5 Å². The molecule has 0 saturated heterocycles. The molecule has 206 valence electrons. The number of allylic oxidation sites excluding steroid dienone is 4. The van der Waals surface area contributed by atoms with Crippen molar-refractivity contribution in [2.45, 2.75) is 32.1 Å². The van der Waals surface area contributed by atoms with E-state index in [0.29, 0.717) is 33.8 Å². The van der Waals surface area contributed by atoms with Crippen molar-refractivity contribution in [3.05, 3.63) is 101 Å². The number of carbonyl (C=O) groups is 1. The van der Waals surface area contributed by atoms with Crippen LogP contribution in [-0.4, -0.2) is 26.9 Å². The molecule has 2 unspecified atom stereocenters. The third-order valence-electron chi connectivity index (χ3n) is 6.90. The molecule has 0 aliphatic heterocycles. The largest absolute Gasteiger partial charge is 0.356 e. The van der Waals surface area contributed by atoms with Gasteiger partial charge in [-0.25, -0.2) is 18.2 Å². The second-order valence-corrected chi connectivity index (χ2v) is 9.93. The van der Waals surface area contributed by atoms with Crippen molar-refractivity contribution in [2.75, 3.05) is 10.6 Å². The Labute approximate surface area is 228 Å². The molecule has 0 radical (unpaired) electrons. The molecule has 1 aromatic carbocycles. The van der Waals surface area contributed by atoms with Crippen LogP contribution in [0.3, 0.4) is 0 Å². The summed E-state index contributed by atoms with van der Waals surface area (Å²) in [5.74, 6) is -1.94. The van der Waals surface area contributed by atoms with Gasteiger partial charge in [-0.1, -0.05) is 31.2 Å². The lowest BCUT2D eigenvalue weighted by Gasteiger charge is -2.18. The highest BCUT2D eigenvalue weighted by Gasteiger charge is 2.26. The summed E-state index contributed by atoms with van der Waals surface area (Å²) in [5, 5.41) is 6.56. The molecular weight excluding hydrogens is 519 g/mol. The van der Waals surface area contributed by atoms with E-state index < -0.39 is 30.5 Å². The van der Waals surface area contributed by atoms with Crippen LogP contribution >= 0.6 is 0 Å². The van der Waals surface area contributed by atoms with Crippen LogP contribution in [0.2, 0.25) is 0 Å². The SMILES string of the molecule is CC1C=CC=C(Nc2c(-c3ccnc(NC(=O)C(CC(F)F)c4ccc(F)cc4)c3)[nH]c3ccn(C)c(=O)c23)C1. The van der Waals surface area contributed by atoms with Gasteiger partial charge < -0.3 is 20.2 Å². The molecule has 0 fully saturated rings. The van der Waals surface area contributed by atoms with Crippen LogP contribution in [0.5, 0.6) is 0 Å². The van der Waals surface area contributed by atoms with E-state index in [1.54, 1.807) is 25.4 Å². The number of pyridine rings is 2. The molecule has 1 aliphatic rings. The number of nitrogens with zero attached hydrogens (tertiary/aromatic N) is 2. The molecule has 1 amide bonds. The van der Waals surface area contributed by atoms with E-state index in [9.17, 15) is 22.8 Å². The Bertz CT molecular complexity index is 1670. The number of aromatic nitrogens is 3. The summed E-state index contributed by atoms with van der Waals surface area (Å²) < 4.78 is 41.6. The van der Waals surface area contributed by atoms with Gasteiger partial charge in [-0.05, 0) is 54.3 Å². The normalized spacial score (nSPS) is 15.8. The lowest BCUT2D eigenvalue weighted by atomic mass is 9.95. The molecule has 1 aliphatic carbocycles. The van der Waals surface area contributed by atoms with E-state index in [4.69, 9.17) is 0 Å². The van der Waals surface area contributed by atoms with Gasteiger partial charge in [0.15, 0.2) is 0 Å². The van der Waals surface area contributed by atoms with Crippen LogP contribution in [-0.2, 0) is 11.8 Å². The van der Waals surface area contributed by atoms with Gasteiger partial charge in [0.05, 0.1) is 28.2 Å². The van der Waals surface area contributed by atoms with Crippen molar-refractivity contribution in [1.29, 1.82) is 0 Å². The molecule has 0 spiro atoms. The predicted octanol–water partition coefficient (Wildman–Crippen LogP) is 6.34. The van der Waals surface area contributed by atoms with Crippen LogP contribution < -0.4 is 16.2 Å². The summed E-state index contributed by atoms with van der Waals surface area (Å²) in [6.07, 6.45) is 6.51. The second kappa shape index (κ2) is 11.3. The number of alkyl halides is 2. The van der Waals surface area contributed by atoms with Gasteiger partial charge in [-0.15, -0.1) is 0 Å². The standard InChI is InChI=1S/C30H28F3N5O2/c1-17-4-3-5-21(14-17)35-28-26-23(11-13-38(2)30(26)40)36-27(28)19-10-12-34-25(15-19)37-29(39)22(16-24(32)33)18-6-8-20(31)9-7-18/h3-13,15,17,22,24,35-36H,14,16H2,1-2H3,(H,34,37,39). The molecule has 2 atom stereocenters. The summed E-state index contributed by atoms with van der Waals surface area (Å²) in [4.78, 5) is 33.8. The first kappa shape index (κ1) is 27.0. The average Bonchev–Trinajstić information content (AvgIpc) is 3.29. The van der Waals surface area contributed by atoms with Gasteiger partial charge in [-0.3, -0.25) is 9.59 Å². The number of hydrogen-bond acceptors (Lipinski definition) is 4. The highest BCUT2D eigenvalue weighted by atomic mass is 19.3. The van der Waals surface area contributed by atoms with Crippen LogP contribution in [0.1, 0.15) is 31.2 Å². The number of hydrogen-bond donors (Lipinski definition) is 3. The summed E-state index contributed by atoms with van der Waals surface area (Å²) in [5.41, 5.74) is 3.50. The van der Waals surface area contributed by atoms with Crippen LogP contribution in [0, 0.1) is 11.7 Å². The van der Waals surface area contributed by atoms with Gasteiger partial charge in [0, 0.05) is 37.1 Å². The third-order valence-corrected chi connectivity index (χ3v) is 6.90. The minimum Gasteiger partial charge on any atom is -0.356 e. The zero-order valence-electron chi connectivity index (χ0n) is 21.9. The van der Waals surface area contributed by atoms with E-state index in [-0.39, 0.29) is 16.9 Å². The average molecular weight is 548 g/mol. The predicted molar refractivity (Wildman–Crippen MR) is 150 cm³/mol. The van der Waals surface area contributed by atoms with Crippen molar-refractivity contribution in [3.63, 3.8) is 0 Å². The maximum atomic E-state index is 13.4. The van der Waals surface area contributed by atoms with E-state index in [1.807, 2.05) is 18.2 Å². The molecule has 7 nitrogen and oxygen atoms in total. The lowest BCUT2D eigenvalue weighted by molar-refractivity contribution is -0.118. The minimum atomic E-state index is -2.74. The van der Waals surface area contributed by atoms with Gasteiger partial charge in [0.1, 0.15) is 11.6 Å². The zero-order valence-corrected chi connectivity index (χ0v) is 21.9. The number of nitrogens with one attached hydrogen (secondary N) is 3. The van der Waals surface area contributed by atoms with Crippen molar-refractivity contribution >= 4 is 28.3 Å². The number of halogens is 3. The van der Waals surface area contributed by atoms with Gasteiger partial charge in [0.25, 0.3) is 5.56 Å². The smallest absolute Gasteiger partial charge is 0.261 e. The number of rotatable bonds is 8. The maximum Gasteiger partial charge on any atom is 0.261 e. The fourth-order valence-electron chi connectivity index (χ4n) is 4.87. The molecule has 40 heavy (non-hydrogen) atoms. The monoisotopic (exact) mass is 547 g/mol. The van der Waals surface area contributed by atoms with E-state index in [1.165, 1.54) is 22.9 Å². The minimum absolute atomic E-state index is 0.148. The number of aryl methyl sites for hydroxylation is 1. The topological polar surface area (TPSA) is 91.8 Å². The van der Waals surface area contributed by atoms with Gasteiger partial charge >= 0.3 is 0 Å². The summed E-state index contributed by atoms with van der Waals surface area (Å²) in [6.45, 7) is 2.10. The van der Waals surface area contributed by atoms with Crippen LogP contribution in [0.25, 0.3) is 22.2 Å². The highest BCUT2D eigenvalue weighted by Crippen LogP contribution is 2.36. The summed E-state index contributed by atoms with van der Waals surface area (Å²) in [7, 11) is 1.68. The van der Waals surface area contributed by atoms with E-state index in [0.717, 1.165) is 24.3 Å². The van der Waals surface area contributed by atoms with E-state index >= 15 is 0 Å². The van der Waals surface area contributed by atoms with Gasteiger partial charge in [0.2, 0.25) is 12.3 Å². The van der Waals surface area contributed by atoms with Crippen molar-refractivity contribution < 1.29 is 18.0 Å². The second-order valence-electron chi connectivity index (χ2n) is 9.93. The Balaban J connectivity index is 1.51. The first-order chi connectivity index (χ1) is 19.2. The zero-order chi connectivity index (χ0) is 28.4. The number of fused-ring (bicyclic) bond motifs is 1. The summed E-state index contributed by atoms with van der Waals surface area (Å²) >= 11 is 0. The molecule has 4 aromatic rings. The fraction of sp³-hybridized carbons (Fsp3) is 0.233. The quantitative estimate of drug-likeness (QED) is 0.240. The molecular formula is C30H28F3N5O2. The number of benzene rings is 1. The Morgan fingerprint density at radius 3 is 2.70 bits per heavy atom. The maximum absolute atomic E-state index is 13.4. The molecule has 10 heteroatoms. The number of anilines is 2.